The first-order valence-electron chi connectivity index (χ1n) is 6.49. The summed E-state index contributed by atoms with van der Waals surface area (Å²) in [5, 5.41) is 0.0285. The number of aromatic amines is 1. The highest BCUT2D eigenvalue weighted by molar-refractivity contribution is 9.10. The highest BCUT2D eigenvalue weighted by Gasteiger charge is 2.16. The first-order chi connectivity index (χ1) is 10.6. The zero-order valence-electron chi connectivity index (χ0n) is 11.2. The summed E-state index contributed by atoms with van der Waals surface area (Å²) in [6, 6.07) is 11.5. The number of H-pyrrole nitrogens is 1. The van der Waals surface area contributed by atoms with E-state index in [-0.39, 0.29) is 10.8 Å². The molecule has 5 heteroatoms. The molecule has 110 valence electrons. The number of hydrogen-bond donors (Lipinski definition) is 1. The van der Waals surface area contributed by atoms with E-state index in [1.165, 1.54) is 12.1 Å². The molecule has 0 amide bonds. The van der Waals surface area contributed by atoms with Gasteiger partial charge in [-0.3, -0.25) is 4.79 Å². The Labute approximate surface area is 140 Å². The van der Waals surface area contributed by atoms with Crippen molar-refractivity contribution in [2.24, 2.45) is 0 Å². The molecular weight excluding hydrogens is 369 g/mol. The molecule has 0 unspecified atom stereocenters. The number of aromatic nitrogens is 1. The van der Waals surface area contributed by atoms with Crippen molar-refractivity contribution in [3.8, 4) is 11.1 Å². The third-order valence-corrected chi connectivity index (χ3v) is 4.15. The normalized spacial score (nSPS) is 10.7. The van der Waals surface area contributed by atoms with Gasteiger partial charge in [0.05, 0.1) is 5.02 Å². The molecular formula is C17H10BrClFNO. The van der Waals surface area contributed by atoms with Crippen LogP contribution in [0.15, 0.2) is 59.3 Å². The maximum absolute atomic E-state index is 13.3. The average Bonchev–Trinajstić information content (AvgIpc) is 2.99. The van der Waals surface area contributed by atoms with Crippen LogP contribution in [0.3, 0.4) is 0 Å². The molecule has 1 N–H and O–H groups in total. The summed E-state index contributed by atoms with van der Waals surface area (Å²) in [7, 11) is 0. The maximum Gasteiger partial charge on any atom is 0.195 e. The lowest BCUT2D eigenvalue weighted by atomic mass is 9.98. The van der Waals surface area contributed by atoms with Crippen molar-refractivity contribution in [3.63, 3.8) is 0 Å². The second kappa shape index (κ2) is 6.07. The van der Waals surface area contributed by atoms with Crippen molar-refractivity contribution in [3.05, 3.63) is 81.3 Å². The monoisotopic (exact) mass is 377 g/mol. The molecule has 0 aliphatic heterocycles. The van der Waals surface area contributed by atoms with E-state index in [1.807, 2.05) is 12.1 Å². The van der Waals surface area contributed by atoms with Crippen LogP contribution < -0.4 is 0 Å². The fourth-order valence-electron chi connectivity index (χ4n) is 2.21. The molecule has 3 rings (SSSR count). The quantitative estimate of drug-likeness (QED) is 0.602. The third kappa shape index (κ3) is 2.85. The molecule has 0 saturated heterocycles. The van der Waals surface area contributed by atoms with Crippen molar-refractivity contribution in [1.82, 2.24) is 4.98 Å². The largest absolute Gasteiger partial charge is 0.366 e. The summed E-state index contributed by atoms with van der Waals surface area (Å²) in [5.41, 5.74) is 2.48. The standard InChI is InChI=1S/C17H10BrClFNO/c18-12-4-1-10(2-5-12)17(22)14-9-21-8-13(14)11-3-6-16(20)15(19)7-11/h1-9,21H. The minimum atomic E-state index is -0.485. The van der Waals surface area contributed by atoms with Gasteiger partial charge in [0.1, 0.15) is 5.82 Å². The molecule has 22 heavy (non-hydrogen) atoms. The maximum atomic E-state index is 13.3. The predicted octanol–water partition coefficient (Wildman–Crippen LogP) is 5.47. The fourth-order valence-corrected chi connectivity index (χ4v) is 2.66. The van der Waals surface area contributed by atoms with Crippen LogP contribution in [0.1, 0.15) is 15.9 Å². The zero-order valence-corrected chi connectivity index (χ0v) is 13.6. The number of ketones is 1. The number of hydrogen-bond acceptors (Lipinski definition) is 1. The highest BCUT2D eigenvalue weighted by Crippen LogP contribution is 2.29. The molecule has 0 radical (unpaired) electrons. The van der Waals surface area contributed by atoms with Crippen molar-refractivity contribution in [2.45, 2.75) is 0 Å². The lowest BCUT2D eigenvalue weighted by Crippen LogP contribution is -2.01. The van der Waals surface area contributed by atoms with Gasteiger partial charge in [-0.05, 0) is 42.0 Å². The Morgan fingerprint density at radius 3 is 2.50 bits per heavy atom. The number of benzene rings is 2. The Hall–Kier alpha value is -1.91. The van der Waals surface area contributed by atoms with E-state index >= 15 is 0 Å². The Bertz CT molecular complexity index is 842. The molecule has 2 nitrogen and oxygen atoms in total. The van der Waals surface area contributed by atoms with Gasteiger partial charge in [0.25, 0.3) is 0 Å². The zero-order chi connectivity index (χ0) is 15.7. The van der Waals surface area contributed by atoms with Crippen LogP contribution in [0, 0.1) is 5.82 Å². The van der Waals surface area contributed by atoms with Gasteiger partial charge in [0.2, 0.25) is 0 Å². The van der Waals surface area contributed by atoms with Crippen molar-refractivity contribution < 1.29 is 9.18 Å². The van der Waals surface area contributed by atoms with Crippen LogP contribution >= 0.6 is 27.5 Å². The third-order valence-electron chi connectivity index (χ3n) is 3.33. The SMILES string of the molecule is O=C(c1ccc(Br)cc1)c1c[nH]cc1-c1ccc(F)c(Cl)c1. The molecule has 0 spiro atoms. The summed E-state index contributed by atoms with van der Waals surface area (Å²) in [5.74, 6) is -0.592. The fraction of sp³-hybridized carbons (Fsp3) is 0. The number of nitrogens with one attached hydrogen (secondary N) is 1. The van der Waals surface area contributed by atoms with Crippen molar-refractivity contribution >= 4 is 33.3 Å². The van der Waals surface area contributed by atoms with E-state index in [0.717, 1.165) is 4.47 Å². The van der Waals surface area contributed by atoms with E-state index < -0.39 is 5.82 Å². The lowest BCUT2D eigenvalue weighted by molar-refractivity contribution is 0.103. The summed E-state index contributed by atoms with van der Waals surface area (Å²) in [4.78, 5) is 15.5. The second-order valence-corrected chi connectivity index (χ2v) is 6.07. The van der Waals surface area contributed by atoms with Gasteiger partial charge in [-0.15, -0.1) is 0 Å². The Balaban J connectivity index is 2.03. The summed E-state index contributed by atoms with van der Waals surface area (Å²) in [6.45, 7) is 0. The van der Waals surface area contributed by atoms with Gasteiger partial charge < -0.3 is 4.98 Å². The molecule has 1 aromatic heterocycles. The molecule has 0 bridgehead atoms. The molecule has 1 heterocycles. The summed E-state index contributed by atoms with van der Waals surface area (Å²) in [6.07, 6.45) is 3.34. The molecule has 2 aromatic carbocycles. The second-order valence-electron chi connectivity index (χ2n) is 4.75. The van der Waals surface area contributed by atoms with Crippen LogP contribution in [0.2, 0.25) is 5.02 Å². The van der Waals surface area contributed by atoms with Crippen LogP contribution in [0.5, 0.6) is 0 Å². The molecule has 0 aliphatic rings. The van der Waals surface area contributed by atoms with E-state index in [1.54, 1.807) is 30.6 Å². The molecule has 0 saturated carbocycles. The summed E-state index contributed by atoms with van der Waals surface area (Å²) < 4.78 is 14.2. The smallest absolute Gasteiger partial charge is 0.195 e. The topological polar surface area (TPSA) is 32.9 Å². The van der Waals surface area contributed by atoms with Gasteiger partial charge in [-0.1, -0.05) is 33.6 Å². The van der Waals surface area contributed by atoms with E-state index in [0.29, 0.717) is 22.3 Å². The van der Waals surface area contributed by atoms with Crippen molar-refractivity contribution in [1.29, 1.82) is 0 Å². The minimum absolute atomic E-state index is 0.0285. The number of carbonyl (C=O) groups is 1. The predicted molar refractivity (Wildman–Crippen MR) is 88.8 cm³/mol. The Morgan fingerprint density at radius 1 is 1.09 bits per heavy atom. The van der Waals surface area contributed by atoms with Gasteiger partial charge in [0.15, 0.2) is 5.78 Å². The minimum Gasteiger partial charge on any atom is -0.366 e. The summed E-state index contributed by atoms with van der Waals surface area (Å²) >= 11 is 9.16. The van der Waals surface area contributed by atoms with Gasteiger partial charge in [-0.25, -0.2) is 4.39 Å². The van der Waals surface area contributed by atoms with E-state index in [2.05, 4.69) is 20.9 Å². The molecule has 3 aromatic rings. The van der Waals surface area contributed by atoms with Gasteiger partial charge in [-0.2, -0.15) is 0 Å². The van der Waals surface area contributed by atoms with E-state index in [9.17, 15) is 9.18 Å². The average molecular weight is 379 g/mol. The van der Waals surface area contributed by atoms with E-state index in [4.69, 9.17) is 11.6 Å². The number of rotatable bonds is 3. The first-order valence-corrected chi connectivity index (χ1v) is 7.66. The number of carbonyl (C=O) groups excluding carboxylic acids is 1. The van der Waals surface area contributed by atoms with Crippen LogP contribution in [-0.4, -0.2) is 10.8 Å². The lowest BCUT2D eigenvalue weighted by Gasteiger charge is -2.05. The highest BCUT2D eigenvalue weighted by atomic mass is 79.9. The molecule has 0 fully saturated rings. The Morgan fingerprint density at radius 2 is 1.82 bits per heavy atom. The van der Waals surface area contributed by atoms with Gasteiger partial charge in [0, 0.05) is 33.6 Å². The van der Waals surface area contributed by atoms with Crippen LogP contribution in [0.4, 0.5) is 4.39 Å². The molecule has 0 aliphatic carbocycles. The van der Waals surface area contributed by atoms with Gasteiger partial charge >= 0.3 is 0 Å². The molecule has 0 atom stereocenters. The van der Waals surface area contributed by atoms with Crippen LogP contribution in [-0.2, 0) is 0 Å². The van der Waals surface area contributed by atoms with Crippen LogP contribution in [0.25, 0.3) is 11.1 Å². The van der Waals surface area contributed by atoms with Crippen molar-refractivity contribution in [2.75, 3.05) is 0 Å². The Kier molecular flexibility index (Phi) is 4.14. The first kappa shape index (κ1) is 15.0. The number of halogens is 3.